The number of rotatable bonds is 7. The highest BCUT2D eigenvalue weighted by atomic mass is 35.5. The molecular weight excluding hydrogens is 445 g/mol. The summed E-state index contributed by atoms with van der Waals surface area (Å²) >= 11 is 0. The highest BCUT2D eigenvalue weighted by Gasteiger charge is 2.35. The highest BCUT2D eigenvalue weighted by Crippen LogP contribution is 2.39. The SMILES string of the molecule is COc1cccc([C@]2(CN)CC[C@H](NCc3ccc(S(N)(=O)=O)cc3)CC2)c1.Cl.Cl. The van der Waals surface area contributed by atoms with Gasteiger partial charge in [0.1, 0.15) is 5.75 Å². The number of ether oxygens (including phenoxy) is 1. The van der Waals surface area contributed by atoms with Crippen LogP contribution in [0.5, 0.6) is 5.75 Å². The lowest BCUT2D eigenvalue weighted by Crippen LogP contribution is -2.43. The van der Waals surface area contributed by atoms with Crippen LogP contribution >= 0.6 is 24.8 Å². The number of halogens is 2. The van der Waals surface area contributed by atoms with Gasteiger partial charge in [0.05, 0.1) is 12.0 Å². The first-order chi connectivity index (χ1) is 13.4. The molecule has 1 aliphatic carbocycles. The van der Waals surface area contributed by atoms with Crippen LogP contribution in [-0.2, 0) is 22.0 Å². The Morgan fingerprint density at radius 1 is 1.10 bits per heavy atom. The fourth-order valence-electron chi connectivity index (χ4n) is 4.00. The van der Waals surface area contributed by atoms with Gasteiger partial charge < -0.3 is 15.8 Å². The summed E-state index contributed by atoms with van der Waals surface area (Å²) in [5.74, 6) is 0.869. The first kappa shape index (κ1) is 26.7. The van der Waals surface area contributed by atoms with Crippen molar-refractivity contribution in [3.63, 3.8) is 0 Å². The molecule has 1 saturated carbocycles. The van der Waals surface area contributed by atoms with Gasteiger partial charge in [-0.2, -0.15) is 0 Å². The zero-order valence-corrected chi connectivity index (χ0v) is 19.5. The molecule has 2 aromatic carbocycles. The van der Waals surface area contributed by atoms with Crippen LogP contribution in [0, 0.1) is 0 Å². The molecule has 0 aliphatic heterocycles. The smallest absolute Gasteiger partial charge is 0.238 e. The van der Waals surface area contributed by atoms with Gasteiger partial charge in [-0.1, -0.05) is 24.3 Å². The van der Waals surface area contributed by atoms with Crippen LogP contribution in [0.2, 0.25) is 0 Å². The molecule has 0 atom stereocenters. The third kappa shape index (κ3) is 6.33. The van der Waals surface area contributed by atoms with E-state index in [0.717, 1.165) is 37.0 Å². The van der Waals surface area contributed by atoms with Crippen molar-refractivity contribution in [3.05, 3.63) is 59.7 Å². The third-order valence-corrected chi connectivity index (χ3v) is 6.79. The summed E-state index contributed by atoms with van der Waals surface area (Å²) in [5, 5.41) is 8.73. The van der Waals surface area contributed by atoms with E-state index < -0.39 is 10.0 Å². The minimum atomic E-state index is -3.64. The highest BCUT2D eigenvalue weighted by molar-refractivity contribution is 7.89. The molecule has 6 nitrogen and oxygen atoms in total. The lowest BCUT2D eigenvalue weighted by molar-refractivity contribution is 0.250. The second-order valence-electron chi connectivity index (χ2n) is 7.56. The van der Waals surface area contributed by atoms with Gasteiger partial charge in [0, 0.05) is 24.5 Å². The van der Waals surface area contributed by atoms with E-state index >= 15 is 0 Å². The van der Waals surface area contributed by atoms with Crippen LogP contribution in [0.1, 0.15) is 36.8 Å². The molecule has 9 heteroatoms. The fourth-order valence-corrected chi connectivity index (χ4v) is 4.51. The molecular formula is C21H31Cl2N3O3S. The number of benzene rings is 2. The Kier molecular flexibility index (Phi) is 10.1. The predicted molar refractivity (Wildman–Crippen MR) is 125 cm³/mol. The van der Waals surface area contributed by atoms with E-state index in [9.17, 15) is 8.42 Å². The molecule has 5 N–H and O–H groups in total. The van der Waals surface area contributed by atoms with E-state index in [1.165, 1.54) is 5.56 Å². The number of nitrogens with one attached hydrogen (secondary N) is 1. The maximum Gasteiger partial charge on any atom is 0.238 e. The van der Waals surface area contributed by atoms with Crippen LogP contribution < -0.4 is 20.9 Å². The van der Waals surface area contributed by atoms with Gasteiger partial charge in [0.2, 0.25) is 10.0 Å². The molecule has 0 saturated heterocycles. The largest absolute Gasteiger partial charge is 0.497 e. The van der Waals surface area contributed by atoms with Crippen molar-refractivity contribution >= 4 is 34.8 Å². The number of methoxy groups -OCH3 is 1. The maximum atomic E-state index is 11.3. The van der Waals surface area contributed by atoms with Gasteiger partial charge in [-0.3, -0.25) is 0 Å². The molecule has 3 rings (SSSR count). The lowest BCUT2D eigenvalue weighted by Gasteiger charge is -2.40. The lowest BCUT2D eigenvalue weighted by atomic mass is 9.68. The standard InChI is InChI=1S/C21H29N3O3S.2ClH/c1-27-19-4-2-3-17(13-19)21(15-22)11-9-18(10-12-21)24-14-16-5-7-20(8-6-16)28(23,25)26;;/h2-8,13,18,24H,9-12,14-15,22H2,1H3,(H2,23,25,26);2*1H/t18-,21+;;. The molecule has 30 heavy (non-hydrogen) atoms. The van der Waals surface area contributed by atoms with Crippen LogP contribution in [0.25, 0.3) is 0 Å². The van der Waals surface area contributed by atoms with Crippen molar-refractivity contribution in [2.24, 2.45) is 10.9 Å². The zero-order valence-electron chi connectivity index (χ0n) is 17.0. The Morgan fingerprint density at radius 3 is 2.27 bits per heavy atom. The summed E-state index contributed by atoms with van der Waals surface area (Å²) in [7, 11) is -1.96. The van der Waals surface area contributed by atoms with Crippen LogP contribution in [0.4, 0.5) is 0 Å². The molecule has 2 aromatic rings. The summed E-state index contributed by atoms with van der Waals surface area (Å²) < 4.78 is 28.1. The van der Waals surface area contributed by atoms with Gasteiger partial charge in [-0.25, -0.2) is 13.6 Å². The van der Waals surface area contributed by atoms with Crippen LogP contribution in [-0.4, -0.2) is 28.1 Å². The minimum Gasteiger partial charge on any atom is -0.497 e. The van der Waals surface area contributed by atoms with E-state index in [1.807, 2.05) is 12.1 Å². The predicted octanol–water partition coefficient (Wildman–Crippen LogP) is 3.12. The van der Waals surface area contributed by atoms with Crippen molar-refractivity contribution in [1.29, 1.82) is 0 Å². The number of hydrogen-bond donors (Lipinski definition) is 3. The van der Waals surface area contributed by atoms with Gasteiger partial charge in [-0.15, -0.1) is 24.8 Å². The van der Waals surface area contributed by atoms with Gasteiger partial charge >= 0.3 is 0 Å². The van der Waals surface area contributed by atoms with Crippen LogP contribution in [0.3, 0.4) is 0 Å². The quantitative estimate of drug-likeness (QED) is 0.569. The second kappa shape index (κ2) is 11.3. The minimum absolute atomic E-state index is 0. The van der Waals surface area contributed by atoms with Gasteiger partial charge in [-0.05, 0) is 61.1 Å². The molecule has 0 heterocycles. The Labute approximate surface area is 191 Å². The number of nitrogens with two attached hydrogens (primary N) is 2. The first-order valence-electron chi connectivity index (χ1n) is 9.56. The average Bonchev–Trinajstić information content (AvgIpc) is 2.72. The molecule has 0 aromatic heterocycles. The Hall–Kier alpha value is -1.35. The summed E-state index contributed by atoms with van der Waals surface area (Å²) in [6.07, 6.45) is 4.14. The number of sulfonamides is 1. The van der Waals surface area contributed by atoms with Crippen molar-refractivity contribution in [2.45, 2.75) is 48.6 Å². The zero-order chi connectivity index (χ0) is 20.2. The van der Waals surface area contributed by atoms with Crippen molar-refractivity contribution in [2.75, 3.05) is 13.7 Å². The van der Waals surface area contributed by atoms with Gasteiger partial charge in [0.15, 0.2) is 0 Å². The topological polar surface area (TPSA) is 107 Å². The second-order valence-corrected chi connectivity index (χ2v) is 9.12. The van der Waals surface area contributed by atoms with E-state index in [1.54, 1.807) is 31.4 Å². The van der Waals surface area contributed by atoms with Crippen LogP contribution in [0.15, 0.2) is 53.4 Å². The normalized spacial score (nSPS) is 21.2. The maximum absolute atomic E-state index is 11.3. The first-order valence-corrected chi connectivity index (χ1v) is 11.1. The molecule has 0 radical (unpaired) electrons. The van der Waals surface area contributed by atoms with E-state index in [2.05, 4.69) is 17.4 Å². The third-order valence-electron chi connectivity index (χ3n) is 5.86. The Bertz CT molecular complexity index is 900. The van der Waals surface area contributed by atoms with E-state index in [0.29, 0.717) is 19.1 Å². The molecule has 0 amide bonds. The summed E-state index contributed by atoms with van der Waals surface area (Å²) in [6, 6.07) is 15.4. The monoisotopic (exact) mass is 475 g/mol. The molecule has 168 valence electrons. The summed E-state index contributed by atoms with van der Waals surface area (Å²) in [5.41, 5.74) is 8.50. The molecule has 1 aliphatic rings. The van der Waals surface area contributed by atoms with Crippen molar-refractivity contribution < 1.29 is 13.2 Å². The average molecular weight is 476 g/mol. The molecule has 1 fully saturated rings. The number of primary sulfonamides is 1. The van der Waals surface area contributed by atoms with E-state index in [-0.39, 0.29) is 35.1 Å². The fraction of sp³-hybridized carbons (Fsp3) is 0.429. The Morgan fingerprint density at radius 2 is 1.73 bits per heavy atom. The molecule has 0 spiro atoms. The van der Waals surface area contributed by atoms with Crippen molar-refractivity contribution in [3.8, 4) is 5.75 Å². The Balaban J connectivity index is 0.00000225. The number of hydrogen-bond acceptors (Lipinski definition) is 5. The summed E-state index contributed by atoms with van der Waals surface area (Å²) in [6.45, 7) is 1.33. The van der Waals surface area contributed by atoms with Gasteiger partial charge in [0.25, 0.3) is 0 Å². The van der Waals surface area contributed by atoms with Crippen molar-refractivity contribution in [1.82, 2.24) is 5.32 Å². The van der Waals surface area contributed by atoms with E-state index in [4.69, 9.17) is 15.6 Å². The molecule has 0 unspecified atom stereocenters. The summed E-state index contributed by atoms with van der Waals surface area (Å²) in [4.78, 5) is 0.139. The molecule has 0 bridgehead atoms.